The summed E-state index contributed by atoms with van der Waals surface area (Å²) in [5.74, 6) is 0.458. The number of hydrogen-bond donors (Lipinski definition) is 2. The minimum atomic E-state index is -0.653. The number of carbonyl (C=O) groups is 1. The molecular weight excluding hydrogens is 238 g/mol. The summed E-state index contributed by atoms with van der Waals surface area (Å²) in [6.45, 7) is 7.53. The molecule has 2 aliphatic rings. The van der Waals surface area contributed by atoms with Crippen LogP contribution in [0, 0.1) is 5.92 Å². The Labute approximate surface area is 117 Å². The molecule has 4 nitrogen and oxygen atoms in total. The molecule has 4 heteroatoms. The second-order valence-corrected chi connectivity index (χ2v) is 6.50. The van der Waals surface area contributed by atoms with Crippen LogP contribution in [0.5, 0.6) is 0 Å². The van der Waals surface area contributed by atoms with E-state index in [-0.39, 0.29) is 5.91 Å². The van der Waals surface area contributed by atoms with E-state index < -0.39 is 5.54 Å². The fraction of sp³-hybridized carbons (Fsp3) is 0.933. The predicted octanol–water partition coefficient (Wildman–Crippen LogP) is 1.49. The molecule has 19 heavy (non-hydrogen) atoms. The average molecular weight is 267 g/mol. The predicted molar refractivity (Wildman–Crippen MR) is 77.8 cm³/mol. The molecule has 0 aromatic heterocycles. The maximum atomic E-state index is 12.2. The van der Waals surface area contributed by atoms with Gasteiger partial charge in [0.05, 0.1) is 5.54 Å². The second-order valence-electron chi connectivity index (χ2n) is 6.50. The Morgan fingerprint density at radius 2 is 1.95 bits per heavy atom. The van der Waals surface area contributed by atoms with Crippen molar-refractivity contribution in [3.8, 4) is 0 Å². The van der Waals surface area contributed by atoms with E-state index in [1.165, 1.54) is 19.4 Å². The van der Waals surface area contributed by atoms with Crippen LogP contribution in [0.3, 0.4) is 0 Å². The minimum Gasteiger partial charge on any atom is -0.352 e. The van der Waals surface area contributed by atoms with Crippen molar-refractivity contribution in [3.63, 3.8) is 0 Å². The topological polar surface area (TPSA) is 58.4 Å². The number of amides is 1. The fourth-order valence-corrected chi connectivity index (χ4v) is 2.89. The summed E-state index contributed by atoms with van der Waals surface area (Å²) in [6.07, 6.45) is 6.88. The molecule has 1 saturated heterocycles. The smallest absolute Gasteiger partial charge is 0.240 e. The van der Waals surface area contributed by atoms with Crippen molar-refractivity contribution in [2.24, 2.45) is 11.7 Å². The molecule has 1 aliphatic carbocycles. The number of nitrogens with two attached hydrogens (primary N) is 1. The molecule has 1 aliphatic heterocycles. The first-order valence-electron chi connectivity index (χ1n) is 7.86. The van der Waals surface area contributed by atoms with E-state index in [0.29, 0.717) is 12.0 Å². The Kier molecular flexibility index (Phi) is 4.85. The van der Waals surface area contributed by atoms with Crippen LogP contribution in [0.15, 0.2) is 0 Å². The molecule has 2 rings (SSSR count). The maximum Gasteiger partial charge on any atom is 0.240 e. The molecule has 0 bridgehead atoms. The van der Waals surface area contributed by atoms with Gasteiger partial charge in [-0.1, -0.05) is 13.3 Å². The van der Waals surface area contributed by atoms with E-state index in [1.54, 1.807) is 0 Å². The van der Waals surface area contributed by atoms with Gasteiger partial charge in [-0.2, -0.15) is 0 Å². The highest BCUT2D eigenvalue weighted by Crippen LogP contribution is 2.38. The van der Waals surface area contributed by atoms with Crippen LogP contribution in [-0.4, -0.2) is 42.0 Å². The molecule has 0 aromatic rings. The minimum absolute atomic E-state index is 0.0574. The van der Waals surface area contributed by atoms with E-state index in [9.17, 15) is 4.79 Å². The lowest BCUT2D eigenvalue weighted by Crippen LogP contribution is -2.57. The van der Waals surface area contributed by atoms with E-state index in [4.69, 9.17) is 5.73 Å². The lowest BCUT2D eigenvalue weighted by Gasteiger charge is -2.34. The molecule has 1 saturated carbocycles. The SMILES string of the molecule is CCCCN1CCC(NC(=O)C(C)(N)C2CC2)CC1. The van der Waals surface area contributed by atoms with Crippen molar-refractivity contribution in [2.45, 2.75) is 64.0 Å². The van der Waals surface area contributed by atoms with E-state index in [1.807, 2.05) is 6.92 Å². The van der Waals surface area contributed by atoms with Crippen LogP contribution in [0.4, 0.5) is 0 Å². The Balaban J connectivity index is 1.71. The number of rotatable bonds is 6. The maximum absolute atomic E-state index is 12.2. The molecule has 1 atom stereocenters. The zero-order chi connectivity index (χ0) is 13.9. The van der Waals surface area contributed by atoms with Crippen LogP contribution in [0.2, 0.25) is 0 Å². The van der Waals surface area contributed by atoms with Crippen molar-refractivity contribution in [1.82, 2.24) is 10.2 Å². The number of unbranched alkanes of at least 4 members (excludes halogenated alkanes) is 1. The largest absolute Gasteiger partial charge is 0.352 e. The molecular formula is C15H29N3O. The monoisotopic (exact) mass is 267 g/mol. The van der Waals surface area contributed by atoms with Gasteiger partial charge in [-0.25, -0.2) is 0 Å². The number of nitrogens with zero attached hydrogens (tertiary/aromatic N) is 1. The number of hydrogen-bond acceptors (Lipinski definition) is 3. The average Bonchev–Trinajstić information content (AvgIpc) is 3.22. The number of carbonyl (C=O) groups excluding carboxylic acids is 1. The molecule has 110 valence electrons. The van der Waals surface area contributed by atoms with Gasteiger partial charge in [0.15, 0.2) is 0 Å². The molecule has 0 spiro atoms. The van der Waals surface area contributed by atoms with Gasteiger partial charge in [0.25, 0.3) is 0 Å². The summed E-state index contributed by atoms with van der Waals surface area (Å²) in [7, 11) is 0. The van der Waals surface area contributed by atoms with Gasteiger partial charge in [-0.15, -0.1) is 0 Å². The van der Waals surface area contributed by atoms with Crippen LogP contribution in [0.25, 0.3) is 0 Å². The molecule has 1 heterocycles. The molecule has 3 N–H and O–H groups in total. The van der Waals surface area contributed by atoms with Gasteiger partial charge in [0.2, 0.25) is 5.91 Å². The Hall–Kier alpha value is -0.610. The highest BCUT2D eigenvalue weighted by atomic mass is 16.2. The van der Waals surface area contributed by atoms with Crippen molar-refractivity contribution in [2.75, 3.05) is 19.6 Å². The Morgan fingerprint density at radius 3 is 2.47 bits per heavy atom. The van der Waals surface area contributed by atoms with E-state index in [2.05, 4.69) is 17.1 Å². The summed E-state index contributed by atoms with van der Waals surface area (Å²) in [6, 6.07) is 0.326. The quantitative estimate of drug-likeness (QED) is 0.766. The normalized spacial score (nSPS) is 25.0. The lowest BCUT2D eigenvalue weighted by molar-refractivity contribution is -0.127. The third-order valence-electron chi connectivity index (χ3n) is 4.67. The third-order valence-corrected chi connectivity index (χ3v) is 4.67. The van der Waals surface area contributed by atoms with Gasteiger partial charge < -0.3 is 16.0 Å². The third kappa shape index (κ3) is 3.93. The summed E-state index contributed by atoms with van der Waals surface area (Å²) in [5, 5.41) is 3.17. The highest BCUT2D eigenvalue weighted by molar-refractivity contribution is 5.86. The van der Waals surface area contributed by atoms with Crippen molar-refractivity contribution < 1.29 is 4.79 Å². The number of nitrogens with one attached hydrogen (secondary N) is 1. The molecule has 1 amide bonds. The summed E-state index contributed by atoms with van der Waals surface area (Å²) in [5.41, 5.74) is 5.50. The van der Waals surface area contributed by atoms with Gasteiger partial charge in [0, 0.05) is 19.1 Å². The summed E-state index contributed by atoms with van der Waals surface area (Å²) < 4.78 is 0. The van der Waals surface area contributed by atoms with Crippen molar-refractivity contribution >= 4 is 5.91 Å². The Bertz CT molecular complexity index is 305. The molecule has 0 radical (unpaired) electrons. The van der Waals surface area contributed by atoms with Gasteiger partial charge in [0.1, 0.15) is 0 Å². The number of likely N-dealkylation sites (tertiary alicyclic amines) is 1. The molecule has 0 aromatic carbocycles. The van der Waals surface area contributed by atoms with Crippen molar-refractivity contribution in [3.05, 3.63) is 0 Å². The van der Waals surface area contributed by atoms with Crippen molar-refractivity contribution in [1.29, 1.82) is 0 Å². The summed E-state index contributed by atoms with van der Waals surface area (Å²) in [4.78, 5) is 14.7. The first kappa shape index (κ1) is 14.8. The van der Waals surface area contributed by atoms with Crippen LogP contribution >= 0.6 is 0 Å². The van der Waals surface area contributed by atoms with Crippen LogP contribution in [0.1, 0.15) is 52.4 Å². The zero-order valence-corrected chi connectivity index (χ0v) is 12.5. The van der Waals surface area contributed by atoms with Gasteiger partial charge >= 0.3 is 0 Å². The summed E-state index contributed by atoms with van der Waals surface area (Å²) >= 11 is 0. The first-order chi connectivity index (χ1) is 9.04. The first-order valence-corrected chi connectivity index (χ1v) is 7.86. The standard InChI is InChI=1S/C15H29N3O/c1-3-4-9-18-10-7-13(8-11-18)17-14(19)15(2,16)12-5-6-12/h12-13H,3-11,16H2,1-2H3,(H,17,19). The zero-order valence-electron chi connectivity index (χ0n) is 12.5. The van der Waals surface area contributed by atoms with Crippen LogP contribution < -0.4 is 11.1 Å². The van der Waals surface area contributed by atoms with Crippen LogP contribution in [-0.2, 0) is 4.79 Å². The van der Waals surface area contributed by atoms with Gasteiger partial charge in [-0.05, 0) is 51.5 Å². The molecule has 2 fully saturated rings. The Morgan fingerprint density at radius 1 is 1.32 bits per heavy atom. The second kappa shape index (κ2) is 6.23. The lowest BCUT2D eigenvalue weighted by atomic mass is 9.94. The number of piperidine rings is 1. The highest BCUT2D eigenvalue weighted by Gasteiger charge is 2.44. The van der Waals surface area contributed by atoms with E-state index in [0.717, 1.165) is 38.8 Å². The van der Waals surface area contributed by atoms with E-state index >= 15 is 0 Å². The molecule has 1 unspecified atom stereocenters. The fourth-order valence-electron chi connectivity index (χ4n) is 2.89. The van der Waals surface area contributed by atoms with Gasteiger partial charge in [-0.3, -0.25) is 4.79 Å².